The van der Waals surface area contributed by atoms with E-state index in [-0.39, 0.29) is 15.5 Å². The number of methoxy groups -OCH3 is 3. The number of hydrogen-bond donors (Lipinski definition) is 2. The Labute approximate surface area is 220 Å². The lowest BCUT2D eigenvalue weighted by molar-refractivity contribution is -0.137. The molecule has 2 aromatic rings. The normalized spacial score (nSPS) is 10.9. The Kier molecular flexibility index (Phi) is 10.1. The van der Waals surface area contributed by atoms with E-state index in [4.69, 9.17) is 38.6 Å². The van der Waals surface area contributed by atoms with Gasteiger partial charge in [0, 0.05) is 19.7 Å². The summed E-state index contributed by atoms with van der Waals surface area (Å²) in [5.74, 6) is -1.08. The third-order valence-electron chi connectivity index (χ3n) is 5.22. The largest absolute Gasteiger partial charge is 0.496 e. The van der Waals surface area contributed by atoms with Crippen LogP contribution in [0.25, 0.3) is 0 Å². The molecule has 0 radical (unpaired) electrons. The van der Waals surface area contributed by atoms with Crippen LogP contribution in [0.1, 0.15) is 28.4 Å². The number of thiocarbonyl (C=S) groups is 2. The van der Waals surface area contributed by atoms with Crippen molar-refractivity contribution in [1.29, 1.82) is 0 Å². The highest BCUT2D eigenvalue weighted by molar-refractivity contribution is 7.81. The number of benzene rings is 2. The number of nitrogens with one attached hydrogen (secondary N) is 2. The molecular weight excluding hydrogens is 504 g/mol. The van der Waals surface area contributed by atoms with E-state index in [1.54, 1.807) is 43.4 Å². The molecule has 0 aromatic heterocycles. The van der Waals surface area contributed by atoms with E-state index < -0.39 is 17.7 Å². The first-order chi connectivity index (χ1) is 17.1. The van der Waals surface area contributed by atoms with Gasteiger partial charge in [0.25, 0.3) is 11.8 Å². The first kappa shape index (κ1) is 28.5. The quantitative estimate of drug-likeness (QED) is 0.227. The summed E-state index contributed by atoms with van der Waals surface area (Å²) in [5, 5.41) is 2.58. The molecule has 0 aliphatic carbocycles. The lowest BCUT2D eigenvalue weighted by Gasteiger charge is -2.26. The third-order valence-corrected chi connectivity index (χ3v) is 6.21. The molecule has 0 bridgehead atoms. The molecule has 0 saturated heterocycles. The number of nitrogens with zero attached hydrogens (tertiary/aromatic N) is 2. The van der Waals surface area contributed by atoms with Gasteiger partial charge in [0.15, 0.2) is 17.8 Å². The zero-order chi connectivity index (χ0) is 27.0. The predicted octanol–water partition coefficient (Wildman–Crippen LogP) is 2.14. The molecule has 0 aliphatic heterocycles. The molecule has 0 heterocycles. The van der Waals surface area contributed by atoms with Gasteiger partial charge in [-0.1, -0.05) is 42.6 Å². The first-order valence-electron chi connectivity index (χ1n) is 10.6. The standard InChI is InChI=1S/C24H28N4O6S2/c1-14(21(30)25-27(2)23(35)15-9-7-11-18(32-4)17(15)13-29)22(31)26-28(3)24(36)16-10-8-12-19(33-5)20(16)34-6/h7-14H,1-6H3,(H,25,30)(H,26,31). The molecule has 0 fully saturated rings. The first-order valence-corrected chi connectivity index (χ1v) is 11.4. The Morgan fingerprint density at radius 3 is 1.78 bits per heavy atom. The minimum Gasteiger partial charge on any atom is -0.496 e. The van der Waals surface area contributed by atoms with Gasteiger partial charge < -0.3 is 14.2 Å². The van der Waals surface area contributed by atoms with E-state index in [1.807, 2.05) is 0 Å². The van der Waals surface area contributed by atoms with Crippen LogP contribution < -0.4 is 25.1 Å². The van der Waals surface area contributed by atoms with E-state index >= 15 is 0 Å². The van der Waals surface area contributed by atoms with Crippen molar-refractivity contribution in [1.82, 2.24) is 20.9 Å². The van der Waals surface area contributed by atoms with Crippen molar-refractivity contribution in [2.24, 2.45) is 5.92 Å². The zero-order valence-corrected chi connectivity index (χ0v) is 22.4. The van der Waals surface area contributed by atoms with Crippen LogP contribution in [0.15, 0.2) is 36.4 Å². The summed E-state index contributed by atoms with van der Waals surface area (Å²) in [7, 11) is 7.49. The fourth-order valence-corrected chi connectivity index (χ4v) is 3.62. The van der Waals surface area contributed by atoms with Crippen LogP contribution in [0.3, 0.4) is 0 Å². The highest BCUT2D eigenvalue weighted by atomic mass is 32.1. The molecule has 10 nitrogen and oxygen atoms in total. The van der Waals surface area contributed by atoms with Gasteiger partial charge in [0.05, 0.1) is 32.5 Å². The van der Waals surface area contributed by atoms with Crippen LogP contribution in [-0.4, -0.2) is 73.5 Å². The number of ether oxygens (including phenoxy) is 3. The number of hydrogen-bond acceptors (Lipinski definition) is 8. The van der Waals surface area contributed by atoms with Gasteiger partial charge in [-0.3, -0.25) is 35.3 Å². The van der Waals surface area contributed by atoms with Gasteiger partial charge in [0.2, 0.25) is 0 Å². The average Bonchev–Trinajstić information content (AvgIpc) is 2.90. The van der Waals surface area contributed by atoms with Gasteiger partial charge >= 0.3 is 0 Å². The van der Waals surface area contributed by atoms with Crippen molar-refractivity contribution in [3.8, 4) is 17.2 Å². The van der Waals surface area contributed by atoms with Gasteiger partial charge in [-0.25, -0.2) is 0 Å². The second-order valence-electron chi connectivity index (χ2n) is 7.48. The molecule has 1 atom stereocenters. The number of hydrazine groups is 2. The number of rotatable bonds is 8. The Bertz CT molecular complexity index is 1170. The van der Waals surface area contributed by atoms with Gasteiger partial charge in [-0.2, -0.15) is 0 Å². The van der Waals surface area contributed by atoms with Crippen LogP contribution in [0.2, 0.25) is 0 Å². The molecule has 2 N–H and O–H groups in total. The highest BCUT2D eigenvalue weighted by Crippen LogP contribution is 2.31. The van der Waals surface area contributed by atoms with Crippen LogP contribution >= 0.6 is 24.4 Å². The molecule has 12 heteroatoms. The lowest BCUT2D eigenvalue weighted by atomic mass is 10.1. The second kappa shape index (κ2) is 12.8. The maximum atomic E-state index is 12.8. The molecule has 0 spiro atoms. The number of carbonyl (C=O) groups excluding carboxylic acids is 3. The van der Waals surface area contributed by atoms with E-state index in [0.717, 1.165) is 0 Å². The highest BCUT2D eigenvalue weighted by Gasteiger charge is 2.26. The molecule has 2 amide bonds. The fraction of sp³-hybridized carbons (Fsp3) is 0.292. The molecule has 192 valence electrons. The van der Waals surface area contributed by atoms with Crippen LogP contribution in [-0.2, 0) is 9.59 Å². The SMILES string of the molecule is COc1cccc(C(=S)N(C)NC(=O)C(C)C(=O)NN(C)C(=S)c2cccc(OC)c2OC)c1C=O. The summed E-state index contributed by atoms with van der Waals surface area (Å²) in [4.78, 5) is 37.5. The summed E-state index contributed by atoms with van der Waals surface area (Å²) in [6.45, 7) is 1.44. The molecule has 1 unspecified atom stereocenters. The van der Waals surface area contributed by atoms with Gasteiger partial charge in [-0.15, -0.1) is 0 Å². The summed E-state index contributed by atoms with van der Waals surface area (Å²) in [6, 6.07) is 10.1. The Morgan fingerprint density at radius 2 is 1.31 bits per heavy atom. The van der Waals surface area contributed by atoms with Crippen LogP contribution in [0.5, 0.6) is 17.2 Å². The van der Waals surface area contributed by atoms with Gasteiger partial charge in [-0.05, 0) is 25.1 Å². The maximum absolute atomic E-state index is 12.8. The smallest absolute Gasteiger partial charge is 0.250 e. The Hall–Kier alpha value is -3.77. The minimum atomic E-state index is -1.11. The van der Waals surface area contributed by atoms with Gasteiger partial charge in [0.1, 0.15) is 21.6 Å². The van der Waals surface area contributed by atoms with E-state index in [1.165, 1.54) is 45.3 Å². The molecule has 2 aromatic carbocycles. The zero-order valence-electron chi connectivity index (χ0n) is 20.8. The summed E-state index contributed by atoms with van der Waals surface area (Å²) in [6.07, 6.45) is 0.627. The third kappa shape index (κ3) is 6.26. The fourth-order valence-electron chi connectivity index (χ4n) is 3.19. The molecule has 0 saturated carbocycles. The molecule has 2 rings (SSSR count). The van der Waals surface area contributed by atoms with Crippen molar-refractivity contribution in [3.05, 3.63) is 53.1 Å². The summed E-state index contributed by atoms with van der Waals surface area (Å²) in [5.41, 5.74) is 6.34. The lowest BCUT2D eigenvalue weighted by Crippen LogP contribution is -2.51. The molecule has 36 heavy (non-hydrogen) atoms. The topological polar surface area (TPSA) is 109 Å². The number of aldehydes is 1. The van der Waals surface area contributed by atoms with Crippen molar-refractivity contribution in [3.63, 3.8) is 0 Å². The number of para-hydroxylation sites is 1. The van der Waals surface area contributed by atoms with Crippen LogP contribution in [0, 0.1) is 5.92 Å². The van der Waals surface area contributed by atoms with Crippen LogP contribution in [0.4, 0.5) is 0 Å². The van der Waals surface area contributed by atoms with E-state index in [2.05, 4.69) is 10.9 Å². The predicted molar refractivity (Wildman–Crippen MR) is 142 cm³/mol. The second-order valence-corrected chi connectivity index (χ2v) is 8.26. The van der Waals surface area contributed by atoms with E-state index in [9.17, 15) is 14.4 Å². The monoisotopic (exact) mass is 532 g/mol. The van der Waals surface area contributed by atoms with Crippen molar-refractivity contribution < 1.29 is 28.6 Å². The summed E-state index contributed by atoms with van der Waals surface area (Å²) >= 11 is 10.9. The van der Waals surface area contributed by atoms with Crippen molar-refractivity contribution in [2.75, 3.05) is 35.4 Å². The molecular formula is C24H28N4O6S2. The Morgan fingerprint density at radius 1 is 0.833 bits per heavy atom. The maximum Gasteiger partial charge on any atom is 0.250 e. The molecule has 0 aliphatic rings. The average molecular weight is 533 g/mol. The number of amides is 2. The summed E-state index contributed by atoms with van der Waals surface area (Å²) < 4.78 is 15.9. The van der Waals surface area contributed by atoms with Crippen molar-refractivity contribution >= 4 is 52.5 Å². The Balaban J connectivity index is 2.08. The minimum absolute atomic E-state index is 0.167. The van der Waals surface area contributed by atoms with Crippen molar-refractivity contribution in [2.45, 2.75) is 6.92 Å². The number of carbonyl (C=O) groups is 3. The van der Waals surface area contributed by atoms with E-state index in [0.29, 0.717) is 34.7 Å².